The molecule has 1 unspecified atom stereocenters. The highest BCUT2D eigenvalue weighted by molar-refractivity contribution is 5.39. The number of aromatic nitrogens is 1. The monoisotopic (exact) mass is 273 g/mol. The molecule has 1 atom stereocenters. The lowest BCUT2D eigenvalue weighted by Gasteiger charge is -2.39. The minimum atomic E-state index is -4.15. The summed E-state index contributed by atoms with van der Waals surface area (Å²) < 4.78 is 37.9. The maximum absolute atomic E-state index is 12.6. The highest BCUT2D eigenvalue weighted by Gasteiger charge is 2.40. The van der Waals surface area contributed by atoms with Crippen molar-refractivity contribution in [3.05, 3.63) is 23.9 Å². The van der Waals surface area contributed by atoms with Crippen LogP contribution in [0.5, 0.6) is 0 Å². The van der Waals surface area contributed by atoms with Crippen LogP contribution in [0.25, 0.3) is 0 Å². The average Bonchev–Trinajstić information content (AvgIpc) is 2.37. The van der Waals surface area contributed by atoms with Crippen molar-refractivity contribution in [1.82, 2.24) is 9.88 Å². The van der Waals surface area contributed by atoms with Gasteiger partial charge in [-0.1, -0.05) is 6.07 Å². The van der Waals surface area contributed by atoms with Crippen LogP contribution in [0.2, 0.25) is 0 Å². The zero-order valence-electron chi connectivity index (χ0n) is 11.1. The first-order valence-corrected chi connectivity index (χ1v) is 6.37. The summed E-state index contributed by atoms with van der Waals surface area (Å²) >= 11 is 0. The minimum Gasteiger partial charge on any atom is -0.354 e. The van der Waals surface area contributed by atoms with Crippen LogP contribution in [0.15, 0.2) is 18.2 Å². The van der Waals surface area contributed by atoms with Gasteiger partial charge in [0, 0.05) is 31.9 Å². The molecule has 2 rings (SSSR count). The largest absolute Gasteiger partial charge is 0.403 e. The zero-order valence-corrected chi connectivity index (χ0v) is 11.1. The summed E-state index contributed by atoms with van der Waals surface area (Å²) in [6.07, 6.45) is -4.15. The number of hydrogen-bond donors (Lipinski definition) is 0. The summed E-state index contributed by atoms with van der Waals surface area (Å²) in [5.74, 6) is 0.847. The molecule has 1 saturated heterocycles. The fourth-order valence-corrected chi connectivity index (χ4v) is 2.25. The van der Waals surface area contributed by atoms with Gasteiger partial charge in [0.05, 0.1) is 0 Å². The normalized spacial score (nSPS) is 19.5. The van der Waals surface area contributed by atoms with Gasteiger partial charge in [0.25, 0.3) is 0 Å². The maximum atomic E-state index is 12.6. The first-order chi connectivity index (χ1) is 8.88. The van der Waals surface area contributed by atoms with Crippen LogP contribution in [-0.4, -0.2) is 48.3 Å². The van der Waals surface area contributed by atoms with E-state index in [1.165, 1.54) is 11.8 Å². The summed E-state index contributed by atoms with van der Waals surface area (Å²) in [6, 6.07) is 4.35. The quantitative estimate of drug-likeness (QED) is 0.825. The standard InChI is InChI=1S/C13H18F3N3/c1-10-4-3-5-12(17-10)19-8-6-18(7-9-19)11(2)13(14,15)16/h3-5,11H,6-9H2,1-2H3. The van der Waals surface area contributed by atoms with Crippen molar-refractivity contribution >= 4 is 5.82 Å². The van der Waals surface area contributed by atoms with E-state index in [0.717, 1.165) is 11.5 Å². The van der Waals surface area contributed by atoms with Gasteiger partial charge in [0.15, 0.2) is 0 Å². The van der Waals surface area contributed by atoms with Gasteiger partial charge in [-0.05, 0) is 26.0 Å². The van der Waals surface area contributed by atoms with Crippen LogP contribution in [-0.2, 0) is 0 Å². The summed E-state index contributed by atoms with van der Waals surface area (Å²) in [4.78, 5) is 7.91. The summed E-state index contributed by atoms with van der Waals surface area (Å²) in [5.41, 5.74) is 0.920. The van der Waals surface area contributed by atoms with Gasteiger partial charge in [-0.15, -0.1) is 0 Å². The fourth-order valence-electron chi connectivity index (χ4n) is 2.25. The van der Waals surface area contributed by atoms with Gasteiger partial charge in [-0.3, -0.25) is 4.90 Å². The molecule has 0 aromatic carbocycles. The second-order valence-electron chi connectivity index (χ2n) is 4.88. The predicted molar refractivity (Wildman–Crippen MR) is 68.3 cm³/mol. The predicted octanol–water partition coefficient (Wildman–Crippen LogP) is 2.46. The van der Waals surface area contributed by atoms with Crippen molar-refractivity contribution in [2.75, 3.05) is 31.1 Å². The molecule has 0 saturated carbocycles. The van der Waals surface area contributed by atoms with Gasteiger partial charge >= 0.3 is 6.18 Å². The summed E-state index contributed by atoms with van der Waals surface area (Å²) in [7, 11) is 0. The number of piperazine rings is 1. The molecule has 0 radical (unpaired) electrons. The van der Waals surface area contributed by atoms with E-state index in [-0.39, 0.29) is 0 Å². The first kappa shape index (κ1) is 14.1. The Labute approximate surface area is 111 Å². The first-order valence-electron chi connectivity index (χ1n) is 6.37. The van der Waals surface area contributed by atoms with Crippen LogP contribution >= 0.6 is 0 Å². The average molecular weight is 273 g/mol. The van der Waals surface area contributed by atoms with Gasteiger partial charge in [-0.2, -0.15) is 13.2 Å². The van der Waals surface area contributed by atoms with E-state index in [2.05, 4.69) is 4.98 Å². The van der Waals surface area contributed by atoms with Crippen molar-refractivity contribution < 1.29 is 13.2 Å². The molecular weight excluding hydrogens is 255 g/mol. The van der Waals surface area contributed by atoms with Gasteiger partial charge in [0.1, 0.15) is 11.9 Å². The third kappa shape index (κ3) is 3.37. The maximum Gasteiger partial charge on any atom is 0.403 e. The number of halogens is 3. The molecule has 2 heterocycles. The Morgan fingerprint density at radius 2 is 1.79 bits per heavy atom. The fraction of sp³-hybridized carbons (Fsp3) is 0.615. The Kier molecular flexibility index (Phi) is 3.99. The molecule has 3 nitrogen and oxygen atoms in total. The van der Waals surface area contributed by atoms with E-state index < -0.39 is 12.2 Å². The lowest BCUT2D eigenvalue weighted by molar-refractivity contribution is -0.179. The Bertz CT molecular complexity index is 425. The second kappa shape index (κ2) is 5.36. The number of nitrogens with zero attached hydrogens (tertiary/aromatic N) is 3. The van der Waals surface area contributed by atoms with E-state index >= 15 is 0 Å². The van der Waals surface area contributed by atoms with Crippen molar-refractivity contribution in [2.45, 2.75) is 26.1 Å². The highest BCUT2D eigenvalue weighted by atomic mass is 19.4. The number of alkyl halides is 3. The van der Waals surface area contributed by atoms with E-state index in [1.54, 1.807) is 0 Å². The van der Waals surface area contributed by atoms with E-state index in [4.69, 9.17) is 0 Å². The van der Waals surface area contributed by atoms with Crippen LogP contribution in [0, 0.1) is 6.92 Å². The molecule has 0 amide bonds. The van der Waals surface area contributed by atoms with Crippen LogP contribution in [0.1, 0.15) is 12.6 Å². The molecule has 0 aliphatic carbocycles. The Hall–Kier alpha value is -1.30. The number of pyridine rings is 1. The summed E-state index contributed by atoms with van der Waals surface area (Å²) in [5, 5.41) is 0. The number of anilines is 1. The molecule has 19 heavy (non-hydrogen) atoms. The lowest BCUT2D eigenvalue weighted by atomic mass is 10.2. The van der Waals surface area contributed by atoms with E-state index in [1.807, 2.05) is 30.0 Å². The van der Waals surface area contributed by atoms with Crippen LogP contribution in [0.4, 0.5) is 19.0 Å². The topological polar surface area (TPSA) is 19.4 Å². The minimum absolute atomic E-state index is 0.413. The molecule has 0 bridgehead atoms. The second-order valence-corrected chi connectivity index (χ2v) is 4.88. The molecular formula is C13H18F3N3. The van der Waals surface area contributed by atoms with Crippen LogP contribution in [0.3, 0.4) is 0 Å². The van der Waals surface area contributed by atoms with Crippen molar-refractivity contribution in [1.29, 1.82) is 0 Å². The van der Waals surface area contributed by atoms with E-state index in [0.29, 0.717) is 26.2 Å². The third-order valence-corrected chi connectivity index (χ3v) is 3.53. The lowest BCUT2D eigenvalue weighted by Crippen LogP contribution is -2.53. The Morgan fingerprint density at radius 1 is 1.16 bits per heavy atom. The third-order valence-electron chi connectivity index (χ3n) is 3.53. The number of rotatable bonds is 2. The van der Waals surface area contributed by atoms with Gasteiger partial charge < -0.3 is 4.90 Å². The van der Waals surface area contributed by atoms with Gasteiger partial charge in [0.2, 0.25) is 0 Å². The zero-order chi connectivity index (χ0) is 14.0. The molecule has 1 aromatic rings. The smallest absolute Gasteiger partial charge is 0.354 e. The van der Waals surface area contributed by atoms with E-state index in [9.17, 15) is 13.2 Å². The van der Waals surface area contributed by atoms with Crippen molar-refractivity contribution in [3.63, 3.8) is 0 Å². The molecule has 1 aromatic heterocycles. The van der Waals surface area contributed by atoms with Crippen LogP contribution < -0.4 is 4.90 Å². The molecule has 1 aliphatic rings. The molecule has 1 aliphatic heterocycles. The number of aryl methyl sites for hydroxylation is 1. The Balaban J connectivity index is 1.96. The summed E-state index contributed by atoms with van der Waals surface area (Å²) in [6.45, 7) is 5.12. The molecule has 6 heteroatoms. The molecule has 106 valence electrons. The molecule has 1 fully saturated rings. The number of hydrogen-bond acceptors (Lipinski definition) is 3. The molecule has 0 N–H and O–H groups in total. The van der Waals surface area contributed by atoms with Gasteiger partial charge in [-0.25, -0.2) is 4.98 Å². The van der Waals surface area contributed by atoms with Crippen molar-refractivity contribution in [2.24, 2.45) is 0 Å². The van der Waals surface area contributed by atoms with Crippen molar-refractivity contribution in [3.8, 4) is 0 Å². The SMILES string of the molecule is Cc1cccc(N2CCN(C(C)C(F)(F)F)CC2)n1. The molecule has 0 spiro atoms. The highest BCUT2D eigenvalue weighted by Crippen LogP contribution is 2.25. The Morgan fingerprint density at radius 3 is 2.32 bits per heavy atom.